The van der Waals surface area contributed by atoms with Crippen LogP contribution in [0, 0.1) is 17.3 Å². The maximum absolute atomic E-state index is 12.6. The van der Waals surface area contributed by atoms with Crippen molar-refractivity contribution in [1.29, 1.82) is 0 Å². The highest BCUT2D eigenvalue weighted by Crippen LogP contribution is 2.59. The van der Waals surface area contributed by atoms with Gasteiger partial charge in [0.05, 0.1) is 18.5 Å². The fourth-order valence-corrected chi connectivity index (χ4v) is 7.48. The van der Waals surface area contributed by atoms with Gasteiger partial charge in [-0.1, -0.05) is 13.0 Å². The quantitative estimate of drug-likeness (QED) is 0.538. The van der Waals surface area contributed by atoms with E-state index >= 15 is 0 Å². The number of hydrogen-bond acceptors (Lipinski definition) is 5. The molecule has 7 heteroatoms. The van der Waals surface area contributed by atoms with Crippen LogP contribution in [0.3, 0.4) is 0 Å². The predicted molar refractivity (Wildman–Crippen MR) is 125 cm³/mol. The number of rotatable bonds is 8. The van der Waals surface area contributed by atoms with Crippen LogP contribution in [0.15, 0.2) is 18.2 Å². The lowest BCUT2D eigenvalue weighted by atomic mass is 9.55. The largest absolute Gasteiger partial charge is 0.351 e. The minimum Gasteiger partial charge on any atom is -0.351 e. The number of aryl methyl sites for hydroxylation is 1. The first-order valence-electron chi connectivity index (χ1n) is 12.1. The molecule has 0 amide bonds. The van der Waals surface area contributed by atoms with Gasteiger partial charge >= 0.3 is 0 Å². The maximum Gasteiger partial charge on any atom is 0.232 e. The van der Waals surface area contributed by atoms with E-state index in [4.69, 9.17) is 9.47 Å². The molecule has 1 aromatic rings. The first kappa shape index (κ1) is 23.7. The number of fused-ring (bicyclic) bond motifs is 5. The van der Waals surface area contributed by atoms with Gasteiger partial charge in [0.2, 0.25) is 10.0 Å². The second kappa shape index (κ2) is 9.07. The zero-order chi connectivity index (χ0) is 23.1. The van der Waals surface area contributed by atoms with E-state index in [1.165, 1.54) is 21.7 Å². The van der Waals surface area contributed by atoms with E-state index in [-0.39, 0.29) is 12.0 Å². The summed E-state index contributed by atoms with van der Waals surface area (Å²) in [5.74, 6) is 1.99. The molecule has 0 heterocycles. The summed E-state index contributed by atoms with van der Waals surface area (Å²) in [5.41, 5.74) is 3.14. The third-order valence-electron chi connectivity index (χ3n) is 8.13. The summed E-state index contributed by atoms with van der Waals surface area (Å²) in [5, 5.41) is 0. The second-order valence-electron chi connectivity index (χ2n) is 9.85. The molecule has 0 N–H and O–H groups in total. The van der Waals surface area contributed by atoms with Gasteiger partial charge in [-0.2, -0.15) is 0 Å². The number of ketones is 1. The van der Waals surface area contributed by atoms with Gasteiger partial charge in [-0.05, 0) is 87.0 Å². The van der Waals surface area contributed by atoms with E-state index in [1.54, 1.807) is 0 Å². The van der Waals surface area contributed by atoms with Crippen LogP contribution in [-0.4, -0.2) is 46.5 Å². The van der Waals surface area contributed by atoms with Gasteiger partial charge in [-0.3, -0.25) is 9.10 Å². The van der Waals surface area contributed by atoms with Crippen LogP contribution < -0.4 is 4.31 Å². The van der Waals surface area contributed by atoms with E-state index < -0.39 is 16.3 Å². The van der Waals surface area contributed by atoms with Crippen LogP contribution in [-0.2, 0) is 30.7 Å². The van der Waals surface area contributed by atoms with Crippen LogP contribution in [0.25, 0.3) is 0 Å². The van der Waals surface area contributed by atoms with Crippen molar-refractivity contribution in [3.8, 4) is 0 Å². The zero-order valence-corrected chi connectivity index (χ0v) is 20.6. The molecule has 178 valence electrons. The number of nitrogens with zero attached hydrogens (tertiary/aromatic N) is 1. The minimum atomic E-state index is -3.49. The summed E-state index contributed by atoms with van der Waals surface area (Å²) in [6.45, 7) is 6.99. The molecular weight excluding hydrogens is 426 g/mol. The van der Waals surface area contributed by atoms with Gasteiger partial charge in [0.15, 0.2) is 6.29 Å². The fourth-order valence-electron chi connectivity index (χ4n) is 6.59. The molecule has 6 nitrogen and oxygen atoms in total. The Bertz CT molecular complexity index is 955. The van der Waals surface area contributed by atoms with E-state index in [9.17, 15) is 13.2 Å². The van der Waals surface area contributed by atoms with Gasteiger partial charge < -0.3 is 9.47 Å². The third kappa shape index (κ3) is 4.24. The Hall–Kier alpha value is -1.44. The second-order valence-corrected chi connectivity index (χ2v) is 11.8. The molecule has 4 atom stereocenters. The molecular formula is C25H37NO5S. The standard InChI is InChI=1S/C25H37NO5S/c1-5-30-24(31-6-2)16-26(32(4,28)29)18-8-10-19-17(15-18)7-9-21-20(19)13-14-25(3)22(21)11-12-23(25)27/h8,10,15,20-22,24H,5-7,9,11-14,16H2,1-4H3/t20?,21?,22?,25-/m0/s1. The lowest BCUT2D eigenvalue weighted by Crippen LogP contribution is -2.42. The van der Waals surface area contributed by atoms with Gasteiger partial charge in [0.25, 0.3) is 0 Å². The molecule has 0 aromatic heterocycles. The highest BCUT2D eigenvalue weighted by molar-refractivity contribution is 7.92. The minimum absolute atomic E-state index is 0.126. The summed E-state index contributed by atoms with van der Waals surface area (Å²) < 4.78 is 37.9. The van der Waals surface area contributed by atoms with Crippen molar-refractivity contribution in [2.24, 2.45) is 17.3 Å². The van der Waals surface area contributed by atoms with Crippen molar-refractivity contribution in [3.05, 3.63) is 29.3 Å². The Morgan fingerprint density at radius 2 is 1.84 bits per heavy atom. The summed E-state index contributed by atoms with van der Waals surface area (Å²) in [6.07, 6.45) is 6.42. The molecule has 0 spiro atoms. The molecule has 3 aliphatic rings. The van der Waals surface area contributed by atoms with Crippen LogP contribution in [0.4, 0.5) is 5.69 Å². The van der Waals surface area contributed by atoms with Crippen molar-refractivity contribution in [1.82, 2.24) is 0 Å². The highest BCUT2D eigenvalue weighted by Gasteiger charge is 2.54. The lowest BCUT2D eigenvalue weighted by Gasteiger charge is -2.48. The fraction of sp³-hybridized carbons (Fsp3) is 0.720. The first-order valence-corrected chi connectivity index (χ1v) is 13.9. The number of benzene rings is 1. The van der Waals surface area contributed by atoms with Crippen LogP contribution >= 0.6 is 0 Å². The monoisotopic (exact) mass is 463 g/mol. The Morgan fingerprint density at radius 3 is 2.50 bits per heavy atom. The number of sulfonamides is 1. The van der Waals surface area contributed by atoms with Crippen molar-refractivity contribution in [2.75, 3.05) is 30.3 Å². The molecule has 0 saturated heterocycles. The number of anilines is 1. The number of carbonyl (C=O) groups excluding carboxylic acids is 1. The normalized spacial score (nSPS) is 29.5. The number of Topliss-reactive ketones (excluding diaryl/α,β-unsaturated/α-hetero) is 1. The lowest BCUT2D eigenvalue weighted by molar-refractivity contribution is -0.129. The van der Waals surface area contributed by atoms with Gasteiger partial charge in [0, 0.05) is 25.0 Å². The van der Waals surface area contributed by atoms with E-state index in [0.29, 0.717) is 42.4 Å². The molecule has 32 heavy (non-hydrogen) atoms. The van der Waals surface area contributed by atoms with Crippen molar-refractivity contribution >= 4 is 21.5 Å². The third-order valence-corrected chi connectivity index (χ3v) is 9.29. The summed E-state index contributed by atoms with van der Waals surface area (Å²) in [7, 11) is -3.49. The van der Waals surface area contributed by atoms with Crippen LogP contribution in [0.1, 0.15) is 69.9 Å². The van der Waals surface area contributed by atoms with Crippen molar-refractivity contribution in [3.63, 3.8) is 0 Å². The molecule has 1 aromatic carbocycles. The van der Waals surface area contributed by atoms with Crippen molar-refractivity contribution in [2.45, 2.75) is 71.5 Å². The number of carbonyl (C=O) groups is 1. The predicted octanol–water partition coefficient (Wildman–Crippen LogP) is 4.28. The average Bonchev–Trinajstić information content (AvgIpc) is 3.05. The number of hydrogen-bond donors (Lipinski definition) is 0. The zero-order valence-electron chi connectivity index (χ0n) is 19.8. The first-order chi connectivity index (χ1) is 15.2. The average molecular weight is 464 g/mol. The summed E-state index contributed by atoms with van der Waals surface area (Å²) in [4.78, 5) is 12.6. The van der Waals surface area contributed by atoms with Crippen LogP contribution in [0.2, 0.25) is 0 Å². The van der Waals surface area contributed by atoms with E-state index in [1.807, 2.05) is 19.9 Å². The Kier molecular flexibility index (Phi) is 6.72. The van der Waals surface area contributed by atoms with E-state index in [0.717, 1.165) is 38.5 Å². The Labute approximate surface area is 192 Å². The topological polar surface area (TPSA) is 72.9 Å². The molecule has 4 rings (SSSR count). The van der Waals surface area contributed by atoms with Crippen molar-refractivity contribution < 1.29 is 22.7 Å². The van der Waals surface area contributed by atoms with Gasteiger partial charge in [-0.25, -0.2) is 8.42 Å². The highest BCUT2D eigenvalue weighted by atomic mass is 32.2. The molecule has 3 aliphatic carbocycles. The molecule has 0 aliphatic heterocycles. The van der Waals surface area contributed by atoms with Gasteiger partial charge in [-0.15, -0.1) is 0 Å². The smallest absolute Gasteiger partial charge is 0.232 e. The molecule has 3 unspecified atom stereocenters. The molecule has 2 fully saturated rings. The SMILES string of the molecule is CCOC(CN(c1ccc2c(c1)CCC1C2CC[C@]2(C)C(=O)CCC12)S(C)(=O)=O)OCC. The Balaban J connectivity index is 1.61. The molecule has 0 radical (unpaired) electrons. The molecule has 0 bridgehead atoms. The van der Waals surface area contributed by atoms with Gasteiger partial charge in [0.1, 0.15) is 5.78 Å². The number of ether oxygens (including phenoxy) is 2. The summed E-state index contributed by atoms with van der Waals surface area (Å²) in [6, 6.07) is 6.12. The van der Waals surface area contributed by atoms with Crippen LogP contribution in [0.5, 0.6) is 0 Å². The maximum atomic E-state index is 12.6. The summed E-state index contributed by atoms with van der Waals surface area (Å²) >= 11 is 0. The molecule has 2 saturated carbocycles. The Morgan fingerprint density at radius 1 is 1.12 bits per heavy atom. The van der Waals surface area contributed by atoms with E-state index in [2.05, 4.69) is 19.1 Å².